The first-order chi connectivity index (χ1) is 5.88. The van der Waals surface area contributed by atoms with E-state index in [0.29, 0.717) is 12.5 Å². The molecule has 0 bridgehead atoms. The highest BCUT2D eigenvalue weighted by atomic mass is 16.4. The van der Waals surface area contributed by atoms with E-state index in [2.05, 4.69) is 38.2 Å². The van der Waals surface area contributed by atoms with Crippen LogP contribution in [0, 0.1) is 5.41 Å². The number of oxime groups is 1. The monoisotopic (exact) mass is 187 g/mol. The molecule has 0 radical (unpaired) electrons. The first kappa shape index (κ1) is 12.2. The molecule has 4 nitrogen and oxygen atoms in total. The van der Waals surface area contributed by atoms with Crippen molar-refractivity contribution in [3.63, 3.8) is 0 Å². The minimum atomic E-state index is 0.241. The van der Waals surface area contributed by atoms with Gasteiger partial charge in [0.25, 0.3) is 0 Å². The highest BCUT2D eigenvalue weighted by Gasteiger charge is 2.18. The maximum absolute atomic E-state index is 8.30. The summed E-state index contributed by atoms with van der Waals surface area (Å²) < 4.78 is 0. The van der Waals surface area contributed by atoms with Gasteiger partial charge in [-0.25, -0.2) is 0 Å². The van der Waals surface area contributed by atoms with Gasteiger partial charge in [0.15, 0.2) is 0 Å². The second-order valence-corrected chi connectivity index (χ2v) is 4.38. The lowest BCUT2D eigenvalue weighted by molar-refractivity contribution is 0.288. The Morgan fingerprint density at radius 2 is 2.08 bits per heavy atom. The molecule has 4 N–H and O–H groups in total. The van der Waals surface area contributed by atoms with E-state index in [9.17, 15) is 0 Å². The average molecular weight is 187 g/mol. The van der Waals surface area contributed by atoms with Crippen molar-refractivity contribution in [1.82, 2.24) is 5.32 Å². The van der Waals surface area contributed by atoms with Crippen LogP contribution in [0.25, 0.3) is 0 Å². The molecule has 0 fully saturated rings. The average Bonchev–Trinajstić information content (AvgIpc) is 2.02. The summed E-state index contributed by atoms with van der Waals surface area (Å²) in [6.45, 7) is 9.40. The maximum Gasteiger partial charge on any atom is 0.140 e. The van der Waals surface area contributed by atoms with Gasteiger partial charge in [-0.3, -0.25) is 0 Å². The highest BCUT2D eigenvalue weighted by molar-refractivity contribution is 5.79. The molecule has 0 spiro atoms. The normalized spacial score (nSPS) is 15.8. The molecule has 13 heavy (non-hydrogen) atoms. The Kier molecular flexibility index (Phi) is 4.77. The SMILES string of the molecule is CC(NCCC(N)=NO)C(C)(C)C. The van der Waals surface area contributed by atoms with E-state index in [1.807, 2.05) is 0 Å². The van der Waals surface area contributed by atoms with Gasteiger partial charge >= 0.3 is 0 Å². The molecule has 4 heteroatoms. The summed E-state index contributed by atoms with van der Waals surface area (Å²) in [5, 5.41) is 14.5. The van der Waals surface area contributed by atoms with Crippen LogP contribution in [0.15, 0.2) is 5.16 Å². The molecule has 0 heterocycles. The Balaban J connectivity index is 3.66. The van der Waals surface area contributed by atoms with Crippen molar-refractivity contribution in [3.8, 4) is 0 Å². The van der Waals surface area contributed by atoms with Crippen molar-refractivity contribution in [2.45, 2.75) is 40.2 Å². The summed E-state index contributed by atoms with van der Waals surface area (Å²) in [4.78, 5) is 0. The first-order valence-corrected chi connectivity index (χ1v) is 4.57. The van der Waals surface area contributed by atoms with Crippen molar-refractivity contribution in [2.24, 2.45) is 16.3 Å². The summed E-state index contributed by atoms with van der Waals surface area (Å²) in [5.74, 6) is 0.272. The Bertz CT molecular complexity index is 172. The Hall–Kier alpha value is -0.770. The van der Waals surface area contributed by atoms with Gasteiger partial charge in [-0.05, 0) is 12.3 Å². The zero-order valence-electron chi connectivity index (χ0n) is 8.96. The van der Waals surface area contributed by atoms with Gasteiger partial charge in [0.2, 0.25) is 0 Å². The molecule has 0 aliphatic rings. The smallest absolute Gasteiger partial charge is 0.140 e. The zero-order valence-corrected chi connectivity index (χ0v) is 8.96. The molecule has 1 unspecified atom stereocenters. The van der Waals surface area contributed by atoms with Crippen LogP contribution in [0.4, 0.5) is 0 Å². The standard InChI is InChI=1S/C9H21N3O/c1-7(9(2,3)4)11-6-5-8(10)12-13/h7,11,13H,5-6H2,1-4H3,(H2,10,12). The van der Waals surface area contributed by atoms with Gasteiger partial charge in [0.1, 0.15) is 5.84 Å². The van der Waals surface area contributed by atoms with Crippen LogP contribution in [-0.2, 0) is 0 Å². The molecule has 0 aliphatic carbocycles. The van der Waals surface area contributed by atoms with E-state index < -0.39 is 0 Å². The van der Waals surface area contributed by atoms with Crippen molar-refractivity contribution in [3.05, 3.63) is 0 Å². The summed E-state index contributed by atoms with van der Waals surface area (Å²) >= 11 is 0. The van der Waals surface area contributed by atoms with Crippen LogP contribution in [0.1, 0.15) is 34.1 Å². The molecule has 0 aliphatic heterocycles. The zero-order chi connectivity index (χ0) is 10.5. The predicted octanol–water partition coefficient (Wildman–Crippen LogP) is 1.15. The van der Waals surface area contributed by atoms with Crippen molar-refractivity contribution in [2.75, 3.05) is 6.54 Å². The number of rotatable bonds is 4. The van der Waals surface area contributed by atoms with Crippen molar-refractivity contribution >= 4 is 5.84 Å². The molecule has 0 aromatic heterocycles. The molecule has 0 saturated heterocycles. The Morgan fingerprint density at radius 3 is 2.46 bits per heavy atom. The summed E-state index contributed by atoms with van der Waals surface area (Å²) in [6, 6.07) is 0.416. The highest BCUT2D eigenvalue weighted by Crippen LogP contribution is 2.18. The largest absolute Gasteiger partial charge is 0.409 e. The molecule has 78 valence electrons. The van der Waals surface area contributed by atoms with E-state index in [-0.39, 0.29) is 11.3 Å². The van der Waals surface area contributed by atoms with Gasteiger partial charge in [-0.15, -0.1) is 0 Å². The summed E-state index contributed by atoms with van der Waals surface area (Å²) in [5.41, 5.74) is 5.57. The third-order valence-corrected chi connectivity index (χ3v) is 2.26. The molecule has 0 saturated carbocycles. The molecule has 0 aromatic rings. The number of hydrogen-bond acceptors (Lipinski definition) is 3. The fraction of sp³-hybridized carbons (Fsp3) is 0.889. The molecule has 0 aromatic carbocycles. The van der Waals surface area contributed by atoms with Crippen molar-refractivity contribution < 1.29 is 5.21 Å². The third kappa shape index (κ3) is 5.47. The van der Waals surface area contributed by atoms with E-state index in [4.69, 9.17) is 10.9 Å². The fourth-order valence-corrected chi connectivity index (χ4v) is 0.773. The summed E-state index contributed by atoms with van der Waals surface area (Å²) in [7, 11) is 0. The van der Waals surface area contributed by atoms with Crippen LogP contribution in [-0.4, -0.2) is 23.6 Å². The number of amidine groups is 1. The van der Waals surface area contributed by atoms with E-state index >= 15 is 0 Å². The molecule has 0 rings (SSSR count). The third-order valence-electron chi connectivity index (χ3n) is 2.26. The summed E-state index contributed by atoms with van der Waals surface area (Å²) in [6.07, 6.45) is 0.580. The van der Waals surface area contributed by atoms with Gasteiger partial charge in [-0.2, -0.15) is 0 Å². The van der Waals surface area contributed by atoms with E-state index in [0.717, 1.165) is 6.54 Å². The molecule has 1 atom stereocenters. The molecule has 0 amide bonds. The van der Waals surface area contributed by atoms with Gasteiger partial charge in [0, 0.05) is 19.0 Å². The van der Waals surface area contributed by atoms with Crippen LogP contribution in [0.3, 0.4) is 0 Å². The lowest BCUT2D eigenvalue weighted by Gasteiger charge is -2.28. The number of nitrogens with zero attached hydrogens (tertiary/aromatic N) is 1. The van der Waals surface area contributed by atoms with Gasteiger partial charge in [-0.1, -0.05) is 25.9 Å². The second-order valence-electron chi connectivity index (χ2n) is 4.38. The lowest BCUT2D eigenvalue weighted by atomic mass is 9.88. The number of nitrogens with two attached hydrogens (primary N) is 1. The topological polar surface area (TPSA) is 70.6 Å². The quantitative estimate of drug-likeness (QED) is 0.267. The first-order valence-electron chi connectivity index (χ1n) is 4.57. The molecular formula is C9H21N3O. The van der Waals surface area contributed by atoms with Crippen LogP contribution in [0.5, 0.6) is 0 Å². The second kappa shape index (κ2) is 5.07. The van der Waals surface area contributed by atoms with Crippen LogP contribution in [0.2, 0.25) is 0 Å². The van der Waals surface area contributed by atoms with Crippen LogP contribution < -0.4 is 11.1 Å². The Morgan fingerprint density at radius 1 is 1.54 bits per heavy atom. The van der Waals surface area contributed by atoms with Gasteiger partial charge < -0.3 is 16.3 Å². The predicted molar refractivity (Wildman–Crippen MR) is 54.9 cm³/mol. The van der Waals surface area contributed by atoms with Crippen LogP contribution >= 0.6 is 0 Å². The minimum Gasteiger partial charge on any atom is -0.409 e. The van der Waals surface area contributed by atoms with Crippen molar-refractivity contribution in [1.29, 1.82) is 0 Å². The molecular weight excluding hydrogens is 166 g/mol. The van der Waals surface area contributed by atoms with E-state index in [1.165, 1.54) is 0 Å². The van der Waals surface area contributed by atoms with E-state index in [1.54, 1.807) is 0 Å². The number of nitrogens with one attached hydrogen (secondary N) is 1. The minimum absolute atomic E-state index is 0.241. The maximum atomic E-state index is 8.30. The number of hydrogen-bond donors (Lipinski definition) is 3. The van der Waals surface area contributed by atoms with Gasteiger partial charge in [0.05, 0.1) is 0 Å². The lowest BCUT2D eigenvalue weighted by Crippen LogP contribution is -2.39. The fourth-order valence-electron chi connectivity index (χ4n) is 0.773. The Labute approximate surface area is 80.2 Å².